The lowest BCUT2D eigenvalue weighted by Crippen LogP contribution is -2.46. The second-order valence-corrected chi connectivity index (χ2v) is 5.18. The number of anilines is 1. The molecule has 0 radical (unpaired) electrons. The average Bonchev–Trinajstić information content (AvgIpc) is 2.61. The van der Waals surface area contributed by atoms with Crippen LogP contribution >= 0.6 is 0 Å². The summed E-state index contributed by atoms with van der Waals surface area (Å²) in [5, 5.41) is 0. The molecule has 6 nitrogen and oxygen atoms in total. The number of benzene rings is 1. The molecule has 2 heterocycles. The van der Waals surface area contributed by atoms with Gasteiger partial charge in [-0.15, -0.1) is 0 Å². The van der Waals surface area contributed by atoms with Crippen molar-refractivity contribution in [2.75, 3.05) is 4.90 Å². The number of pyridine rings is 1. The molecule has 0 aliphatic carbocycles. The van der Waals surface area contributed by atoms with E-state index in [-0.39, 0.29) is 11.8 Å². The molecule has 0 bridgehead atoms. The van der Waals surface area contributed by atoms with Gasteiger partial charge in [0, 0.05) is 6.20 Å². The van der Waals surface area contributed by atoms with Crippen LogP contribution in [0.4, 0.5) is 5.69 Å². The first-order chi connectivity index (χ1) is 10.5. The minimum Gasteiger partial charge on any atom is -0.436 e. The number of aromatic nitrogens is 1. The summed E-state index contributed by atoms with van der Waals surface area (Å²) in [6.45, 7) is 3.49. The van der Waals surface area contributed by atoms with Crippen molar-refractivity contribution in [1.82, 2.24) is 4.98 Å². The van der Waals surface area contributed by atoms with Gasteiger partial charge in [-0.3, -0.25) is 14.5 Å². The van der Waals surface area contributed by atoms with E-state index in [2.05, 4.69) is 4.98 Å². The van der Waals surface area contributed by atoms with Crippen LogP contribution in [-0.4, -0.2) is 22.8 Å². The van der Waals surface area contributed by atoms with Gasteiger partial charge in [0.15, 0.2) is 5.75 Å². The van der Waals surface area contributed by atoms with E-state index < -0.39 is 11.9 Å². The van der Waals surface area contributed by atoms with Crippen molar-refractivity contribution in [1.29, 1.82) is 0 Å². The lowest BCUT2D eigenvalue weighted by molar-refractivity contribution is -0.118. The summed E-state index contributed by atoms with van der Waals surface area (Å²) < 4.78 is 5.76. The molecule has 1 atom stereocenters. The summed E-state index contributed by atoms with van der Waals surface area (Å²) in [5.41, 5.74) is 7.15. The van der Waals surface area contributed by atoms with Crippen LogP contribution < -0.4 is 15.4 Å². The number of carbonyl (C=O) groups excluding carboxylic acids is 2. The lowest BCUT2D eigenvalue weighted by atomic mass is 10.1. The number of hydrogen-bond donors (Lipinski definition) is 1. The third kappa shape index (κ3) is 2.18. The summed E-state index contributed by atoms with van der Waals surface area (Å²) in [7, 11) is 0. The minimum atomic E-state index is -0.803. The molecule has 1 aliphatic heterocycles. The van der Waals surface area contributed by atoms with Crippen LogP contribution in [0, 0.1) is 6.92 Å². The zero-order chi connectivity index (χ0) is 15.9. The van der Waals surface area contributed by atoms with Crippen LogP contribution in [0.15, 0.2) is 36.5 Å². The maximum atomic E-state index is 12.9. The SMILES string of the molecule is Cc1ccc2c(c1)N(C(C)C(N)=O)C(=O)c1cccnc1O2. The highest BCUT2D eigenvalue weighted by atomic mass is 16.5. The normalized spacial score (nSPS) is 14.5. The number of nitrogens with zero attached hydrogens (tertiary/aromatic N) is 2. The Bertz CT molecular complexity index is 773. The first kappa shape index (κ1) is 14.1. The molecular weight excluding hydrogens is 282 g/mol. The molecule has 2 aromatic rings. The first-order valence-corrected chi connectivity index (χ1v) is 6.85. The molecule has 1 aliphatic rings. The fourth-order valence-corrected chi connectivity index (χ4v) is 2.39. The lowest BCUT2D eigenvalue weighted by Gasteiger charge is -2.26. The zero-order valence-corrected chi connectivity index (χ0v) is 12.2. The highest BCUT2D eigenvalue weighted by molar-refractivity contribution is 6.12. The van der Waals surface area contributed by atoms with E-state index in [0.717, 1.165) is 5.56 Å². The van der Waals surface area contributed by atoms with Gasteiger partial charge in [-0.1, -0.05) is 6.07 Å². The molecule has 1 unspecified atom stereocenters. The number of amides is 2. The van der Waals surface area contributed by atoms with Crippen LogP contribution in [0.3, 0.4) is 0 Å². The number of nitrogens with two attached hydrogens (primary N) is 1. The molecule has 2 N–H and O–H groups in total. The van der Waals surface area contributed by atoms with E-state index in [4.69, 9.17) is 10.5 Å². The molecule has 0 saturated carbocycles. The Morgan fingerprint density at radius 1 is 1.36 bits per heavy atom. The largest absolute Gasteiger partial charge is 0.436 e. The van der Waals surface area contributed by atoms with Crippen molar-refractivity contribution in [3.8, 4) is 11.6 Å². The quantitative estimate of drug-likeness (QED) is 0.918. The maximum Gasteiger partial charge on any atom is 0.264 e. The molecular formula is C16H15N3O3. The number of ether oxygens (including phenoxy) is 1. The highest BCUT2D eigenvalue weighted by Gasteiger charge is 2.34. The molecule has 2 amide bonds. The first-order valence-electron chi connectivity index (χ1n) is 6.85. The van der Waals surface area contributed by atoms with Gasteiger partial charge in [0.1, 0.15) is 11.6 Å². The molecule has 112 valence electrons. The van der Waals surface area contributed by atoms with Crippen molar-refractivity contribution in [2.45, 2.75) is 19.9 Å². The predicted octanol–water partition coefficient (Wildman–Crippen LogP) is 2.02. The zero-order valence-electron chi connectivity index (χ0n) is 12.2. The van der Waals surface area contributed by atoms with Crippen molar-refractivity contribution in [3.05, 3.63) is 47.7 Å². The monoisotopic (exact) mass is 297 g/mol. The number of rotatable bonds is 2. The topological polar surface area (TPSA) is 85.5 Å². The second-order valence-electron chi connectivity index (χ2n) is 5.18. The van der Waals surface area contributed by atoms with Crippen molar-refractivity contribution < 1.29 is 14.3 Å². The third-order valence-corrected chi connectivity index (χ3v) is 3.60. The predicted molar refractivity (Wildman–Crippen MR) is 81.0 cm³/mol. The van der Waals surface area contributed by atoms with Crippen LogP contribution in [0.1, 0.15) is 22.8 Å². The van der Waals surface area contributed by atoms with Crippen molar-refractivity contribution in [2.24, 2.45) is 5.73 Å². The Balaban J connectivity index is 2.25. The van der Waals surface area contributed by atoms with Crippen molar-refractivity contribution >= 4 is 17.5 Å². The van der Waals surface area contributed by atoms with Crippen LogP contribution in [0.5, 0.6) is 11.6 Å². The number of aryl methyl sites for hydroxylation is 1. The van der Waals surface area contributed by atoms with E-state index in [1.54, 1.807) is 37.4 Å². The van der Waals surface area contributed by atoms with Gasteiger partial charge in [-0.2, -0.15) is 0 Å². The third-order valence-electron chi connectivity index (χ3n) is 3.60. The smallest absolute Gasteiger partial charge is 0.264 e. The molecule has 0 saturated heterocycles. The highest BCUT2D eigenvalue weighted by Crippen LogP contribution is 2.39. The second kappa shape index (κ2) is 5.14. The van der Waals surface area contributed by atoms with E-state index in [1.165, 1.54) is 4.90 Å². The summed E-state index contributed by atoms with van der Waals surface area (Å²) in [5.74, 6) is -0.270. The van der Waals surface area contributed by atoms with Gasteiger partial charge in [-0.25, -0.2) is 4.98 Å². The van der Waals surface area contributed by atoms with E-state index in [9.17, 15) is 9.59 Å². The van der Waals surface area contributed by atoms with E-state index in [1.807, 2.05) is 13.0 Å². The standard InChI is InChI=1S/C16H15N3O3/c1-9-5-6-13-12(8-9)19(10(2)14(17)20)16(21)11-4-3-7-18-15(11)22-13/h3-8,10H,1-2H3,(H2,17,20). The summed E-state index contributed by atoms with van der Waals surface area (Å²) in [6, 6.07) is 7.87. The van der Waals surface area contributed by atoms with Gasteiger partial charge in [0.2, 0.25) is 11.8 Å². The van der Waals surface area contributed by atoms with Crippen LogP contribution in [-0.2, 0) is 4.79 Å². The Kier molecular flexibility index (Phi) is 3.29. The molecule has 22 heavy (non-hydrogen) atoms. The molecule has 3 rings (SSSR count). The maximum absolute atomic E-state index is 12.9. The van der Waals surface area contributed by atoms with Gasteiger partial charge >= 0.3 is 0 Å². The van der Waals surface area contributed by atoms with Gasteiger partial charge < -0.3 is 10.5 Å². The van der Waals surface area contributed by atoms with Gasteiger partial charge in [0.25, 0.3) is 5.91 Å². The summed E-state index contributed by atoms with van der Waals surface area (Å²) in [6.07, 6.45) is 1.55. The Morgan fingerprint density at radius 3 is 2.86 bits per heavy atom. The Morgan fingerprint density at radius 2 is 2.14 bits per heavy atom. The minimum absolute atomic E-state index is 0.219. The number of fused-ring (bicyclic) bond motifs is 2. The Labute approximate surface area is 127 Å². The van der Waals surface area contributed by atoms with Crippen molar-refractivity contribution in [3.63, 3.8) is 0 Å². The number of hydrogen-bond acceptors (Lipinski definition) is 4. The van der Waals surface area contributed by atoms with E-state index in [0.29, 0.717) is 17.0 Å². The molecule has 1 aromatic carbocycles. The number of primary amides is 1. The molecule has 0 spiro atoms. The average molecular weight is 297 g/mol. The fraction of sp³-hybridized carbons (Fsp3) is 0.188. The fourth-order valence-electron chi connectivity index (χ4n) is 2.39. The van der Waals surface area contributed by atoms with Crippen LogP contribution in [0.25, 0.3) is 0 Å². The molecule has 0 fully saturated rings. The number of carbonyl (C=O) groups is 2. The molecule has 6 heteroatoms. The Hall–Kier alpha value is -2.89. The van der Waals surface area contributed by atoms with Gasteiger partial charge in [-0.05, 0) is 43.7 Å². The summed E-state index contributed by atoms with van der Waals surface area (Å²) >= 11 is 0. The summed E-state index contributed by atoms with van der Waals surface area (Å²) in [4.78, 5) is 30.0. The van der Waals surface area contributed by atoms with Gasteiger partial charge in [0.05, 0.1) is 5.69 Å². The van der Waals surface area contributed by atoms with E-state index >= 15 is 0 Å². The van der Waals surface area contributed by atoms with Crippen LogP contribution in [0.2, 0.25) is 0 Å². The molecule has 1 aromatic heterocycles.